The molecule has 0 aliphatic rings. The third-order valence-electron chi connectivity index (χ3n) is 2.75. The van der Waals surface area contributed by atoms with Gasteiger partial charge in [-0.2, -0.15) is 0 Å². The molecule has 0 fully saturated rings. The van der Waals surface area contributed by atoms with Gasteiger partial charge in [-0.15, -0.1) is 0 Å². The Balaban J connectivity index is 2.40. The molecule has 5 heteroatoms. The Labute approximate surface area is 138 Å². The average molecular weight is 409 g/mol. The SMILES string of the molecule is CNCc1cc(Br)c(OCCOCCC(C)C)c(Br)c1. The van der Waals surface area contributed by atoms with Gasteiger partial charge in [-0.3, -0.25) is 0 Å². The fraction of sp³-hybridized carbons (Fsp3) is 0.600. The highest BCUT2D eigenvalue weighted by Crippen LogP contribution is 2.34. The molecule has 1 aromatic rings. The second kappa shape index (κ2) is 9.77. The summed E-state index contributed by atoms with van der Waals surface area (Å²) in [6.45, 7) is 7.19. The van der Waals surface area contributed by atoms with Gasteiger partial charge in [0.2, 0.25) is 0 Å². The largest absolute Gasteiger partial charge is 0.489 e. The van der Waals surface area contributed by atoms with E-state index in [4.69, 9.17) is 9.47 Å². The molecule has 0 unspecified atom stereocenters. The Morgan fingerprint density at radius 3 is 2.30 bits per heavy atom. The molecule has 1 rings (SSSR count). The predicted molar refractivity (Wildman–Crippen MR) is 90.4 cm³/mol. The van der Waals surface area contributed by atoms with E-state index in [1.165, 1.54) is 5.56 Å². The van der Waals surface area contributed by atoms with Crippen molar-refractivity contribution < 1.29 is 9.47 Å². The van der Waals surface area contributed by atoms with Gasteiger partial charge < -0.3 is 14.8 Å². The monoisotopic (exact) mass is 407 g/mol. The van der Waals surface area contributed by atoms with Gasteiger partial charge in [0.15, 0.2) is 0 Å². The quantitative estimate of drug-likeness (QED) is 0.615. The second-order valence-corrected chi connectivity index (χ2v) is 6.77. The van der Waals surface area contributed by atoms with E-state index >= 15 is 0 Å². The van der Waals surface area contributed by atoms with Crippen LogP contribution in [-0.2, 0) is 11.3 Å². The summed E-state index contributed by atoms with van der Waals surface area (Å²) in [5.41, 5.74) is 1.20. The molecule has 1 aromatic carbocycles. The van der Waals surface area contributed by atoms with Crippen molar-refractivity contribution in [1.82, 2.24) is 5.32 Å². The summed E-state index contributed by atoms with van der Waals surface area (Å²) < 4.78 is 13.2. The molecule has 0 atom stereocenters. The minimum Gasteiger partial charge on any atom is -0.489 e. The molecule has 0 amide bonds. The molecule has 0 aliphatic heterocycles. The molecule has 0 saturated carbocycles. The topological polar surface area (TPSA) is 30.5 Å². The molecule has 0 aliphatic carbocycles. The zero-order valence-electron chi connectivity index (χ0n) is 12.3. The number of benzene rings is 1. The molecule has 0 spiro atoms. The molecule has 0 heterocycles. The standard InChI is InChI=1S/C15H23Br2NO2/c1-11(2)4-5-19-6-7-20-15-13(16)8-12(10-18-3)9-14(15)17/h8-9,11,18H,4-7,10H2,1-3H3. The lowest BCUT2D eigenvalue weighted by Crippen LogP contribution is -2.10. The second-order valence-electron chi connectivity index (χ2n) is 5.06. The van der Waals surface area contributed by atoms with Crippen LogP contribution < -0.4 is 10.1 Å². The van der Waals surface area contributed by atoms with Crippen molar-refractivity contribution in [2.24, 2.45) is 5.92 Å². The lowest BCUT2D eigenvalue weighted by molar-refractivity contribution is 0.0921. The first-order valence-corrected chi connectivity index (χ1v) is 8.46. The van der Waals surface area contributed by atoms with E-state index in [2.05, 4.69) is 63.2 Å². The molecular formula is C15H23Br2NO2. The minimum absolute atomic E-state index is 0.556. The van der Waals surface area contributed by atoms with E-state index in [1.807, 2.05) is 7.05 Å². The van der Waals surface area contributed by atoms with Crippen LogP contribution in [0.2, 0.25) is 0 Å². The van der Waals surface area contributed by atoms with Crippen molar-refractivity contribution in [1.29, 1.82) is 0 Å². The molecule has 0 radical (unpaired) electrons. The summed E-state index contributed by atoms with van der Waals surface area (Å²) in [5, 5.41) is 3.13. The number of nitrogens with one attached hydrogen (secondary N) is 1. The third kappa shape index (κ3) is 6.57. The normalized spacial score (nSPS) is 11.1. The van der Waals surface area contributed by atoms with E-state index in [9.17, 15) is 0 Å². The van der Waals surface area contributed by atoms with Crippen LogP contribution in [0.15, 0.2) is 21.1 Å². The van der Waals surface area contributed by atoms with Crippen molar-refractivity contribution in [3.63, 3.8) is 0 Å². The van der Waals surface area contributed by atoms with E-state index in [-0.39, 0.29) is 0 Å². The van der Waals surface area contributed by atoms with Crippen molar-refractivity contribution in [2.75, 3.05) is 26.9 Å². The third-order valence-corrected chi connectivity index (χ3v) is 3.93. The van der Waals surface area contributed by atoms with Crippen LogP contribution in [0.1, 0.15) is 25.8 Å². The van der Waals surface area contributed by atoms with Gasteiger partial charge in [-0.1, -0.05) is 13.8 Å². The first-order chi connectivity index (χ1) is 9.54. The van der Waals surface area contributed by atoms with E-state index < -0.39 is 0 Å². The Bertz CT molecular complexity index is 388. The highest BCUT2D eigenvalue weighted by atomic mass is 79.9. The molecular weight excluding hydrogens is 386 g/mol. The summed E-state index contributed by atoms with van der Waals surface area (Å²) in [5.74, 6) is 1.51. The molecule has 3 nitrogen and oxygen atoms in total. The van der Waals surface area contributed by atoms with Crippen molar-refractivity contribution in [3.05, 3.63) is 26.6 Å². The number of halogens is 2. The zero-order chi connectivity index (χ0) is 15.0. The van der Waals surface area contributed by atoms with Gasteiger partial charge >= 0.3 is 0 Å². The Kier molecular flexibility index (Phi) is 8.77. The fourth-order valence-corrected chi connectivity index (χ4v) is 3.19. The van der Waals surface area contributed by atoms with E-state index in [0.717, 1.165) is 34.3 Å². The van der Waals surface area contributed by atoms with Gasteiger partial charge in [0.05, 0.1) is 15.6 Å². The Hall–Kier alpha value is -0.100. The first-order valence-electron chi connectivity index (χ1n) is 6.87. The molecule has 0 saturated heterocycles. The molecule has 114 valence electrons. The lowest BCUT2D eigenvalue weighted by atomic mass is 10.1. The van der Waals surface area contributed by atoms with Gasteiger partial charge in [0.25, 0.3) is 0 Å². The number of rotatable bonds is 9. The van der Waals surface area contributed by atoms with Crippen LogP contribution in [0.5, 0.6) is 5.75 Å². The summed E-state index contributed by atoms with van der Waals surface area (Å²) in [6, 6.07) is 4.13. The van der Waals surface area contributed by atoms with Crippen LogP contribution in [-0.4, -0.2) is 26.9 Å². The van der Waals surface area contributed by atoms with Gasteiger partial charge in [-0.25, -0.2) is 0 Å². The number of hydrogen-bond donors (Lipinski definition) is 1. The van der Waals surface area contributed by atoms with Crippen LogP contribution in [0.4, 0.5) is 0 Å². The van der Waals surface area contributed by atoms with Gasteiger partial charge in [-0.05, 0) is 68.9 Å². The van der Waals surface area contributed by atoms with E-state index in [1.54, 1.807) is 0 Å². The maximum Gasteiger partial charge on any atom is 0.147 e. The highest BCUT2D eigenvalue weighted by molar-refractivity contribution is 9.11. The Morgan fingerprint density at radius 2 is 1.75 bits per heavy atom. The van der Waals surface area contributed by atoms with Crippen LogP contribution >= 0.6 is 31.9 Å². The summed E-state index contributed by atoms with van der Waals surface area (Å²) >= 11 is 7.09. The van der Waals surface area contributed by atoms with E-state index in [0.29, 0.717) is 19.1 Å². The maximum absolute atomic E-state index is 5.77. The number of ether oxygens (including phenoxy) is 2. The van der Waals surface area contributed by atoms with Crippen molar-refractivity contribution >= 4 is 31.9 Å². The lowest BCUT2D eigenvalue weighted by Gasteiger charge is -2.13. The zero-order valence-corrected chi connectivity index (χ0v) is 15.5. The first kappa shape index (κ1) is 18.0. The summed E-state index contributed by atoms with van der Waals surface area (Å²) in [7, 11) is 1.93. The Morgan fingerprint density at radius 1 is 1.10 bits per heavy atom. The van der Waals surface area contributed by atoms with Crippen molar-refractivity contribution in [3.8, 4) is 5.75 Å². The summed E-state index contributed by atoms with van der Waals surface area (Å²) in [4.78, 5) is 0. The maximum atomic E-state index is 5.77. The molecule has 20 heavy (non-hydrogen) atoms. The average Bonchev–Trinajstić information content (AvgIpc) is 2.36. The van der Waals surface area contributed by atoms with Crippen LogP contribution in [0.3, 0.4) is 0 Å². The molecule has 0 aromatic heterocycles. The number of hydrogen-bond acceptors (Lipinski definition) is 3. The molecule has 1 N–H and O–H groups in total. The fourth-order valence-electron chi connectivity index (χ4n) is 1.68. The van der Waals surface area contributed by atoms with Crippen LogP contribution in [0.25, 0.3) is 0 Å². The van der Waals surface area contributed by atoms with Gasteiger partial charge in [0, 0.05) is 13.2 Å². The highest BCUT2D eigenvalue weighted by Gasteiger charge is 2.08. The summed E-state index contributed by atoms with van der Waals surface area (Å²) in [6.07, 6.45) is 1.09. The van der Waals surface area contributed by atoms with Crippen molar-refractivity contribution in [2.45, 2.75) is 26.8 Å². The minimum atomic E-state index is 0.556. The predicted octanol–water partition coefficient (Wildman–Crippen LogP) is 4.37. The smallest absolute Gasteiger partial charge is 0.147 e. The molecule has 0 bridgehead atoms. The van der Waals surface area contributed by atoms with Crippen LogP contribution in [0, 0.1) is 5.92 Å². The van der Waals surface area contributed by atoms with Gasteiger partial charge in [0.1, 0.15) is 12.4 Å².